The van der Waals surface area contributed by atoms with Gasteiger partial charge < -0.3 is 14.2 Å². The van der Waals surface area contributed by atoms with E-state index in [2.05, 4.69) is 106 Å². The maximum absolute atomic E-state index is 12.7. The average molecular weight is 849 g/mol. The Morgan fingerprint density at radius 3 is 1.05 bits per heavy atom. The van der Waals surface area contributed by atoms with Gasteiger partial charge in [0.15, 0.2) is 6.10 Å². The highest BCUT2D eigenvalue weighted by Crippen LogP contribution is 2.13. The summed E-state index contributed by atoms with van der Waals surface area (Å²) >= 11 is 0. The number of esters is 3. The average Bonchev–Trinajstić information content (AvgIpc) is 3.26. The van der Waals surface area contributed by atoms with Crippen LogP contribution in [0.25, 0.3) is 0 Å². The van der Waals surface area contributed by atoms with Crippen molar-refractivity contribution < 1.29 is 28.6 Å². The van der Waals surface area contributed by atoms with Crippen LogP contribution < -0.4 is 0 Å². The Balaban J connectivity index is 4.39. The van der Waals surface area contributed by atoms with Gasteiger partial charge in [0.05, 0.1) is 0 Å². The molecule has 0 rings (SSSR count). The van der Waals surface area contributed by atoms with E-state index in [9.17, 15) is 14.4 Å². The van der Waals surface area contributed by atoms with Crippen molar-refractivity contribution in [3.63, 3.8) is 0 Å². The van der Waals surface area contributed by atoms with Crippen LogP contribution in [-0.2, 0) is 28.6 Å². The van der Waals surface area contributed by atoms with Gasteiger partial charge in [-0.15, -0.1) is 0 Å². The molecule has 0 N–H and O–H groups in total. The minimum absolute atomic E-state index is 0.0934. The Labute approximate surface area is 375 Å². The highest BCUT2D eigenvalue weighted by atomic mass is 16.6. The fraction of sp³-hybridized carbons (Fsp3) is 0.691. The predicted octanol–water partition coefficient (Wildman–Crippen LogP) is 16.4. The molecule has 0 aliphatic carbocycles. The van der Waals surface area contributed by atoms with Crippen LogP contribution in [0.15, 0.2) is 85.1 Å². The van der Waals surface area contributed by atoms with Gasteiger partial charge >= 0.3 is 17.9 Å². The summed E-state index contributed by atoms with van der Waals surface area (Å²) in [7, 11) is 0. The molecule has 61 heavy (non-hydrogen) atoms. The molecule has 6 heteroatoms. The van der Waals surface area contributed by atoms with E-state index in [0.717, 1.165) is 109 Å². The lowest BCUT2D eigenvalue weighted by Gasteiger charge is -2.18. The highest BCUT2D eigenvalue weighted by Gasteiger charge is 2.19. The summed E-state index contributed by atoms with van der Waals surface area (Å²) in [5, 5.41) is 0. The molecule has 0 aliphatic rings. The van der Waals surface area contributed by atoms with Crippen molar-refractivity contribution in [3.05, 3.63) is 85.1 Å². The van der Waals surface area contributed by atoms with E-state index in [1.54, 1.807) is 0 Å². The normalized spacial score (nSPS) is 12.8. The Morgan fingerprint density at radius 1 is 0.344 bits per heavy atom. The molecule has 1 unspecified atom stereocenters. The zero-order valence-corrected chi connectivity index (χ0v) is 39.7. The lowest BCUT2D eigenvalue weighted by Crippen LogP contribution is -2.30. The smallest absolute Gasteiger partial charge is 0.306 e. The third-order valence-corrected chi connectivity index (χ3v) is 10.4. The van der Waals surface area contributed by atoms with Crippen LogP contribution >= 0.6 is 0 Å². The van der Waals surface area contributed by atoms with Crippen LogP contribution in [0.4, 0.5) is 0 Å². The summed E-state index contributed by atoms with van der Waals surface area (Å²) in [6.45, 7) is 6.43. The van der Waals surface area contributed by atoms with Crippen molar-refractivity contribution in [3.8, 4) is 0 Å². The molecule has 0 aromatic heterocycles. The maximum atomic E-state index is 12.7. The fourth-order valence-electron chi connectivity index (χ4n) is 6.61. The van der Waals surface area contributed by atoms with Crippen LogP contribution in [0.2, 0.25) is 0 Å². The summed E-state index contributed by atoms with van der Waals surface area (Å²) in [6, 6.07) is 0. The first-order valence-electron chi connectivity index (χ1n) is 25.1. The van der Waals surface area contributed by atoms with Crippen molar-refractivity contribution in [2.75, 3.05) is 13.2 Å². The number of allylic oxidation sites excluding steroid dienone is 14. The molecule has 0 saturated heterocycles. The molecule has 0 radical (unpaired) electrons. The summed E-state index contributed by atoms with van der Waals surface area (Å²) in [5.41, 5.74) is 0. The number of unbranched alkanes of at least 4 members (excludes halogenated alkanes) is 19. The second-order valence-corrected chi connectivity index (χ2v) is 16.3. The monoisotopic (exact) mass is 849 g/mol. The molecule has 0 saturated carbocycles. The molecule has 0 bridgehead atoms. The van der Waals surface area contributed by atoms with E-state index in [1.165, 1.54) is 77.0 Å². The minimum atomic E-state index is -0.795. The molecular weight excluding hydrogens is 757 g/mol. The van der Waals surface area contributed by atoms with E-state index in [1.807, 2.05) is 0 Å². The van der Waals surface area contributed by atoms with Crippen LogP contribution in [0.5, 0.6) is 0 Å². The Bertz CT molecular complexity index is 1200. The van der Waals surface area contributed by atoms with E-state index in [0.29, 0.717) is 19.3 Å². The number of rotatable bonds is 44. The summed E-state index contributed by atoms with van der Waals surface area (Å²) < 4.78 is 16.7. The maximum Gasteiger partial charge on any atom is 0.306 e. The number of ether oxygens (including phenoxy) is 3. The molecule has 0 heterocycles. The summed E-state index contributed by atoms with van der Waals surface area (Å²) in [6.07, 6.45) is 62.9. The highest BCUT2D eigenvalue weighted by molar-refractivity contribution is 5.71. The number of hydrogen-bond donors (Lipinski definition) is 0. The first-order chi connectivity index (χ1) is 30.0. The molecule has 0 spiro atoms. The van der Waals surface area contributed by atoms with Gasteiger partial charge in [-0.2, -0.15) is 0 Å². The zero-order chi connectivity index (χ0) is 44.4. The van der Waals surface area contributed by atoms with E-state index >= 15 is 0 Å². The van der Waals surface area contributed by atoms with Crippen molar-refractivity contribution in [2.24, 2.45) is 0 Å². The first-order valence-corrected chi connectivity index (χ1v) is 25.1. The molecule has 0 aliphatic heterocycles. The SMILES string of the molecule is CC/C=C\C/C=C\C/C=C\C/C=C\C/C=C\C/C=C\CCCCC(=O)OCC(COC(=O)CCCCCCCCCC)OC(=O)CCCCCCC/C=C\CCCCCCC. The van der Waals surface area contributed by atoms with Crippen LogP contribution in [0.1, 0.15) is 226 Å². The van der Waals surface area contributed by atoms with E-state index < -0.39 is 6.10 Å². The van der Waals surface area contributed by atoms with Gasteiger partial charge in [0.25, 0.3) is 0 Å². The topological polar surface area (TPSA) is 78.9 Å². The lowest BCUT2D eigenvalue weighted by molar-refractivity contribution is -0.167. The third kappa shape index (κ3) is 47.5. The standard InChI is InChI=1S/C55H92O6/c1-4-7-10-13-16-19-21-23-25-26-27-28-29-30-31-33-34-36-39-42-45-48-54(57)60-51-52(50-59-53(56)47-44-41-38-18-15-12-9-6-3)61-55(58)49-46-43-40-37-35-32-24-22-20-17-14-11-8-5-2/h7,10,16,19,22-25,27-28,30-31,34,36,52H,4-6,8-9,11-15,17-18,20-21,26,29,32-33,35,37-51H2,1-3H3/b10-7-,19-16-,24-22-,25-23-,28-27-,31-30-,36-34-. The number of hydrogen-bond acceptors (Lipinski definition) is 6. The van der Waals surface area contributed by atoms with Crippen molar-refractivity contribution in [1.29, 1.82) is 0 Å². The lowest BCUT2D eigenvalue weighted by atomic mass is 10.1. The molecule has 1 atom stereocenters. The van der Waals surface area contributed by atoms with E-state index in [4.69, 9.17) is 14.2 Å². The quantitative estimate of drug-likeness (QED) is 0.0263. The second kappa shape index (κ2) is 49.2. The molecule has 0 fully saturated rings. The van der Waals surface area contributed by atoms with Crippen molar-refractivity contribution >= 4 is 17.9 Å². The molecular formula is C55H92O6. The summed E-state index contributed by atoms with van der Waals surface area (Å²) in [4.78, 5) is 37.8. The zero-order valence-electron chi connectivity index (χ0n) is 39.7. The number of carbonyl (C=O) groups excluding carboxylic acids is 3. The Morgan fingerprint density at radius 2 is 0.639 bits per heavy atom. The molecule has 0 aromatic carbocycles. The van der Waals surface area contributed by atoms with Crippen molar-refractivity contribution in [2.45, 2.75) is 232 Å². The van der Waals surface area contributed by atoms with E-state index in [-0.39, 0.29) is 31.1 Å². The third-order valence-electron chi connectivity index (χ3n) is 10.4. The molecule has 0 amide bonds. The molecule has 6 nitrogen and oxygen atoms in total. The Kier molecular flexibility index (Phi) is 46.5. The predicted molar refractivity (Wildman–Crippen MR) is 261 cm³/mol. The Hall–Kier alpha value is -3.41. The number of carbonyl (C=O) groups is 3. The van der Waals surface area contributed by atoms with Crippen LogP contribution in [-0.4, -0.2) is 37.2 Å². The van der Waals surface area contributed by atoms with Gasteiger partial charge in [0.1, 0.15) is 13.2 Å². The van der Waals surface area contributed by atoms with Crippen LogP contribution in [0, 0.1) is 0 Å². The second-order valence-electron chi connectivity index (χ2n) is 16.3. The van der Waals surface area contributed by atoms with Crippen molar-refractivity contribution in [1.82, 2.24) is 0 Å². The van der Waals surface area contributed by atoms with Gasteiger partial charge in [-0.25, -0.2) is 0 Å². The summed E-state index contributed by atoms with van der Waals surface area (Å²) in [5.74, 6) is -0.955. The first kappa shape index (κ1) is 57.6. The minimum Gasteiger partial charge on any atom is -0.462 e. The fourth-order valence-corrected chi connectivity index (χ4v) is 6.61. The van der Waals surface area contributed by atoms with Gasteiger partial charge in [0, 0.05) is 19.3 Å². The van der Waals surface area contributed by atoms with Gasteiger partial charge in [-0.05, 0) is 96.3 Å². The largest absolute Gasteiger partial charge is 0.462 e. The van der Waals surface area contributed by atoms with Gasteiger partial charge in [-0.3, -0.25) is 14.4 Å². The molecule has 0 aromatic rings. The van der Waals surface area contributed by atoms with Crippen LogP contribution in [0.3, 0.4) is 0 Å². The molecule has 348 valence electrons. The van der Waals surface area contributed by atoms with Gasteiger partial charge in [0.2, 0.25) is 0 Å². The van der Waals surface area contributed by atoms with Gasteiger partial charge in [-0.1, -0.05) is 196 Å².